The van der Waals surface area contributed by atoms with E-state index in [1.807, 2.05) is 25.1 Å². The van der Waals surface area contributed by atoms with Crippen molar-refractivity contribution >= 4 is 11.7 Å². The minimum absolute atomic E-state index is 0.0317. The van der Waals surface area contributed by atoms with Crippen LogP contribution in [0.25, 0.3) is 0 Å². The summed E-state index contributed by atoms with van der Waals surface area (Å²) in [6.07, 6.45) is -0.502. The monoisotopic (exact) mass is 329 g/mol. The predicted octanol–water partition coefficient (Wildman–Crippen LogP) is 3.76. The number of carbonyl (C=O) groups excluding carboxylic acids is 1. The van der Waals surface area contributed by atoms with Gasteiger partial charge in [0.15, 0.2) is 0 Å². The highest BCUT2D eigenvalue weighted by molar-refractivity contribution is 5.74. The van der Waals surface area contributed by atoms with Crippen molar-refractivity contribution in [3.63, 3.8) is 0 Å². The molecule has 0 aliphatic heterocycles. The lowest BCUT2D eigenvalue weighted by Gasteiger charge is -2.15. The second-order valence-electron chi connectivity index (χ2n) is 5.48. The molecule has 2 aromatic carbocycles. The van der Waals surface area contributed by atoms with Crippen LogP contribution in [-0.2, 0) is 16.0 Å². The molecule has 0 amide bonds. The van der Waals surface area contributed by atoms with E-state index in [4.69, 9.17) is 9.47 Å². The summed E-state index contributed by atoms with van der Waals surface area (Å²) in [6.45, 7) is 3.62. The van der Waals surface area contributed by atoms with Crippen LogP contribution in [0.2, 0.25) is 0 Å². The maximum atomic E-state index is 12.2. The van der Waals surface area contributed by atoms with Crippen LogP contribution in [0.4, 0.5) is 5.69 Å². The van der Waals surface area contributed by atoms with Crippen LogP contribution in [0.3, 0.4) is 0 Å². The van der Waals surface area contributed by atoms with Gasteiger partial charge in [0.05, 0.1) is 18.5 Å². The SMILES string of the molecule is COc1ccc(C)cc1CC(=O)O[C@H](C)c1cccc([N+](=O)[O-])c1. The lowest BCUT2D eigenvalue weighted by Crippen LogP contribution is -2.12. The van der Waals surface area contributed by atoms with E-state index in [0.717, 1.165) is 11.1 Å². The number of methoxy groups -OCH3 is 1. The van der Waals surface area contributed by atoms with Crippen LogP contribution >= 0.6 is 0 Å². The summed E-state index contributed by atoms with van der Waals surface area (Å²) in [6, 6.07) is 11.7. The number of carbonyl (C=O) groups is 1. The number of hydrogen-bond acceptors (Lipinski definition) is 5. The fraction of sp³-hybridized carbons (Fsp3) is 0.278. The topological polar surface area (TPSA) is 78.7 Å². The maximum Gasteiger partial charge on any atom is 0.311 e. The van der Waals surface area contributed by atoms with E-state index < -0.39 is 17.0 Å². The summed E-state index contributed by atoms with van der Waals surface area (Å²) in [5.74, 6) is 0.207. The Morgan fingerprint density at radius 3 is 2.67 bits per heavy atom. The highest BCUT2D eigenvalue weighted by Gasteiger charge is 2.16. The first kappa shape index (κ1) is 17.5. The van der Waals surface area contributed by atoms with Gasteiger partial charge in [-0.25, -0.2) is 0 Å². The Kier molecular flexibility index (Phi) is 5.52. The van der Waals surface area contributed by atoms with Gasteiger partial charge in [-0.05, 0) is 25.5 Å². The number of nitro groups is 1. The molecule has 0 aromatic heterocycles. The molecule has 0 spiro atoms. The van der Waals surface area contributed by atoms with E-state index in [0.29, 0.717) is 11.3 Å². The molecule has 0 saturated carbocycles. The molecule has 6 nitrogen and oxygen atoms in total. The lowest BCUT2D eigenvalue weighted by atomic mass is 10.1. The molecule has 0 heterocycles. The molecule has 2 rings (SSSR count). The van der Waals surface area contributed by atoms with Crippen LogP contribution in [0.1, 0.15) is 29.7 Å². The summed E-state index contributed by atoms with van der Waals surface area (Å²) < 4.78 is 10.6. The van der Waals surface area contributed by atoms with E-state index in [9.17, 15) is 14.9 Å². The van der Waals surface area contributed by atoms with Crippen molar-refractivity contribution in [2.75, 3.05) is 7.11 Å². The molecule has 2 aromatic rings. The molecular weight excluding hydrogens is 310 g/mol. The molecule has 0 N–H and O–H groups in total. The number of aryl methyl sites for hydroxylation is 1. The molecule has 24 heavy (non-hydrogen) atoms. The summed E-state index contributed by atoms with van der Waals surface area (Å²) in [5, 5.41) is 10.8. The quantitative estimate of drug-likeness (QED) is 0.458. The van der Waals surface area contributed by atoms with Crippen LogP contribution in [0.5, 0.6) is 5.75 Å². The summed E-state index contributed by atoms with van der Waals surface area (Å²) >= 11 is 0. The van der Waals surface area contributed by atoms with E-state index in [1.165, 1.54) is 12.1 Å². The Hall–Kier alpha value is -2.89. The van der Waals surface area contributed by atoms with Gasteiger partial charge in [-0.3, -0.25) is 14.9 Å². The lowest BCUT2D eigenvalue weighted by molar-refractivity contribution is -0.385. The second kappa shape index (κ2) is 7.59. The predicted molar refractivity (Wildman–Crippen MR) is 89.0 cm³/mol. The van der Waals surface area contributed by atoms with E-state index in [2.05, 4.69) is 0 Å². The van der Waals surface area contributed by atoms with Crippen LogP contribution in [0, 0.1) is 17.0 Å². The smallest absolute Gasteiger partial charge is 0.311 e. The third kappa shape index (κ3) is 4.32. The van der Waals surface area contributed by atoms with E-state index >= 15 is 0 Å². The molecule has 0 radical (unpaired) electrons. The first-order valence-electron chi connectivity index (χ1n) is 7.48. The van der Waals surface area contributed by atoms with Gasteiger partial charge in [0, 0.05) is 17.7 Å². The zero-order chi connectivity index (χ0) is 17.7. The number of hydrogen-bond donors (Lipinski definition) is 0. The average Bonchev–Trinajstić information content (AvgIpc) is 2.55. The minimum Gasteiger partial charge on any atom is -0.496 e. The third-order valence-electron chi connectivity index (χ3n) is 3.63. The molecule has 0 aliphatic carbocycles. The zero-order valence-electron chi connectivity index (χ0n) is 13.8. The number of esters is 1. The number of nitro benzene ring substituents is 1. The highest BCUT2D eigenvalue weighted by atomic mass is 16.6. The van der Waals surface area contributed by atoms with Crippen molar-refractivity contribution in [3.05, 3.63) is 69.3 Å². The first-order chi connectivity index (χ1) is 11.4. The Balaban J connectivity index is 2.08. The Labute approximate surface area is 140 Å². The maximum absolute atomic E-state index is 12.2. The number of rotatable bonds is 6. The van der Waals surface area contributed by atoms with Gasteiger partial charge in [0.25, 0.3) is 5.69 Å². The van der Waals surface area contributed by atoms with Gasteiger partial charge < -0.3 is 9.47 Å². The van der Waals surface area contributed by atoms with Gasteiger partial charge >= 0.3 is 5.97 Å². The highest BCUT2D eigenvalue weighted by Crippen LogP contribution is 2.24. The van der Waals surface area contributed by atoms with Crippen molar-refractivity contribution in [3.8, 4) is 5.75 Å². The molecule has 0 aliphatic rings. The number of non-ortho nitro benzene ring substituents is 1. The van der Waals surface area contributed by atoms with Crippen LogP contribution in [0.15, 0.2) is 42.5 Å². The molecule has 0 unspecified atom stereocenters. The van der Waals surface area contributed by atoms with E-state index in [1.54, 1.807) is 26.2 Å². The number of ether oxygens (including phenoxy) is 2. The van der Waals surface area contributed by atoms with E-state index in [-0.39, 0.29) is 12.1 Å². The van der Waals surface area contributed by atoms with Crippen molar-refractivity contribution in [1.82, 2.24) is 0 Å². The molecule has 126 valence electrons. The van der Waals surface area contributed by atoms with Crippen LogP contribution < -0.4 is 4.74 Å². The summed E-state index contributed by atoms with van der Waals surface area (Å²) in [5.41, 5.74) is 2.31. The fourth-order valence-electron chi connectivity index (χ4n) is 2.40. The second-order valence-corrected chi connectivity index (χ2v) is 5.48. The number of nitrogens with zero attached hydrogens (tertiary/aromatic N) is 1. The minimum atomic E-state index is -0.576. The zero-order valence-corrected chi connectivity index (χ0v) is 13.8. The Morgan fingerprint density at radius 1 is 1.25 bits per heavy atom. The average molecular weight is 329 g/mol. The fourth-order valence-corrected chi connectivity index (χ4v) is 2.40. The summed E-state index contributed by atoms with van der Waals surface area (Å²) in [7, 11) is 1.55. The third-order valence-corrected chi connectivity index (χ3v) is 3.63. The largest absolute Gasteiger partial charge is 0.496 e. The van der Waals surface area contributed by atoms with Crippen molar-refractivity contribution in [1.29, 1.82) is 0 Å². The molecule has 0 bridgehead atoms. The molecule has 0 fully saturated rings. The Morgan fingerprint density at radius 2 is 2.00 bits per heavy atom. The molecular formula is C18H19NO5. The van der Waals surface area contributed by atoms with Gasteiger partial charge in [-0.15, -0.1) is 0 Å². The van der Waals surface area contributed by atoms with Gasteiger partial charge in [-0.2, -0.15) is 0 Å². The molecule has 6 heteroatoms. The summed E-state index contributed by atoms with van der Waals surface area (Å²) in [4.78, 5) is 22.5. The van der Waals surface area contributed by atoms with Crippen LogP contribution in [-0.4, -0.2) is 18.0 Å². The Bertz CT molecular complexity index is 757. The van der Waals surface area contributed by atoms with Crippen molar-refractivity contribution in [2.24, 2.45) is 0 Å². The standard InChI is InChI=1S/C18H19NO5/c1-12-7-8-17(23-3)15(9-12)11-18(20)24-13(2)14-5-4-6-16(10-14)19(21)22/h4-10,13H,11H2,1-3H3/t13-/m1/s1. The van der Waals surface area contributed by atoms with Crippen molar-refractivity contribution in [2.45, 2.75) is 26.4 Å². The molecule has 0 saturated heterocycles. The number of benzene rings is 2. The normalized spacial score (nSPS) is 11.6. The van der Waals surface area contributed by atoms with Crippen molar-refractivity contribution < 1.29 is 19.2 Å². The van der Waals surface area contributed by atoms with Gasteiger partial charge in [0.1, 0.15) is 11.9 Å². The van der Waals surface area contributed by atoms with Gasteiger partial charge in [0.2, 0.25) is 0 Å². The first-order valence-corrected chi connectivity index (χ1v) is 7.48. The van der Waals surface area contributed by atoms with Gasteiger partial charge in [-0.1, -0.05) is 29.8 Å². The molecule has 1 atom stereocenters.